The van der Waals surface area contributed by atoms with Crippen LogP contribution in [0.5, 0.6) is 5.75 Å². The third-order valence-electron chi connectivity index (χ3n) is 3.60. The van der Waals surface area contributed by atoms with Crippen molar-refractivity contribution in [1.29, 1.82) is 0 Å². The van der Waals surface area contributed by atoms with Gasteiger partial charge in [0.25, 0.3) is 0 Å². The molecular formula is C14H15F2NO4. The molecule has 2 atom stereocenters. The molecule has 1 aromatic rings. The Labute approximate surface area is 119 Å². The van der Waals surface area contributed by atoms with Gasteiger partial charge in [0.05, 0.1) is 11.8 Å². The Morgan fingerprint density at radius 2 is 2.00 bits per heavy atom. The second-order valence-electron chi connectivity index (χ2n) is 4.98. The van der Waals surface area contributed by atoms with Crippen LogP contribution >= 0.6 is 0 Å². The minimum atomic E-state index is -2.95. The maximum Gasteiger partial charge on any atom is 0.387 e. The molecule has 2 unspecified atom stereocenters. The first-order chi connectivity index (χ1) is 9.88. The van der Waals surface area contributed by atoms with Gasteiger partial charge in [-0.1, -0.05) is 6.07 Å². The quantitative estimate of drug-likeness (QED) is 0.876. The molecule has 0 saturated heterocycles. The summed E-state index contributed by atoms with van der Waals surface area (Å²) in [6.07, 6.45) is 0.982. The zero-order valence-electron chi connectivity index (χ0n) is 11.3. The number of hydrogen-bond acceptors (Lipinski definition) is 3. The second kappa shape index (κ2) is 6.07. The molecular weight excluding hydrogens is 284 g/mol. The summed E-state index contributed by atoms with van der Waals surface area (Å²) >= 11 is 0. The minimum Gasteiger partial charge on any atom is -0.481 e. The lowest BCUT2D eigenvalue weighted by molar-refractivity contribution is -0.151. The number of benzene rings is 1. The number of halogens is 2. The molecule has 2 rings (SSSR count). The smallest absolute Gasteiger partial charge is 0.387 e. The average molecular weight is 299 g/mol. The SMILES string of the molecule is Cc1ccc(NC(=O)C2CCC2C(=O)O)cc1OC(F)F. The van der Waals surface area contributed by atoms with Crippen molar-refractivity contribution >= 4 is 17.6 Å². The molecule has 0 spiro atoms. The molecule has 5 nitrogen and oxygen atoms in total. The molecule has 0 aromatic heterocycles. The number of nitrogens with one attached hydrogen (secondary N) is 1. The lowest BCUT2D eigenvalue weighted by atomic mass is 9.73. The van der Waals surface area contributed by atoms with E-state index < -0.39 is 30.3 Å². The third kappa shape index (κ3) is 3.48. The van der Waals surface area contributed by atoms with Gasteiger partial charge < -0.3 is 15.2 Å². The summed E-state index contributed by atoms with van der Waals surface area (Å²) in [7, 11) is 0. The molecule has 1 aliphatic carbocycles. The highest BCUT2D eigenvalue weighted by Gasteiger charge is 2.41. The highest BCUT2D eigenvalue weighted by Crippen LogP contribution is 2.35. The summed E-state index contributed by atoms with van der Waals surface area (Å²) in [5, 5.41) is 11.5. The highest BCUT2D eigenvalue weighted by atomic mass is 19.3. The molecule has 114 valence electrons. The van der Waals surface area contributed by atoms with Gasteiger partial charge >= 0.3 is 12.6 Å². The molecule has 1 aliphatic rings. The molecule has 1 fully saturated rings. The predicted molar refractivity (Wildman–Crippen MR) is 70.3 cm³/mol. The minimum absolute atomic E-state index is 0.0220. The summed E-state index contributed by atoms with van der Waals surface area (Å²) in [5.74, 6) is -2.69. The molecule has 0 heterocycles. The van der Waals surface area contributed by atoms with Crippen LogP contribution in [0.25, 0.3) is 0 Å². The first-order valence-corrected chi connectivity index (χ1v) is 6.47. The van der Waals surface area contributed by atoms with Gasteiger partial charge in [-0.25, -0.2) is 0 Å². The maximum absolute atomic E-state index is 12.3. The first kappa shape index (κ1) is 15.2. The Balaban J connectivity index is 2.06. The molecule has 1 amide bonds. The monoisotopic (exact) mass is 299 g/mol. The number of aliphatic carboxylic acids is 1. The van der Waals surface area contributed by atoms with Crippen LogP contribution < -0.4 is 10.1 Å². The number of aryl methyl sites for hydroxylation is 1. The molecule has 7 heteroatoms. The van der Waals surface area contributed by atoms with Crippen LogP contribution in [0.2, 0.25) is 0 Å². The van der Waals surface area contributed by atoms with E-state index in [1.54, 1.807) is 19.1 Å². The van der Waals surface area contributed by atoms with Crippen LogP contribution in [-0.2, 0) is 9.59 Å². The van der Waals surface area contributed by atoms with E-state index in [0.29, 0.717) is 24.1 Å². The van der Waals surface area contributed by atoms with Crippen molar-refractivity contribution in [2.75, 3.05) is 5.32 Å². The first-order valence-electron chi connectivity index (χ1n) is 6.47. The van der Waals surface area contributed by atoms with Crippen LogP contribution in [0, 0.1) is 18.8 Å². The summed E-state index contributed by atoms with van der Waals surface area (Å²) in [6, 6.07) is 4.40. The standard InChI is InChI=1S/C14H15F2NO4/c1-7-2-3-8(6-11(7)21-14(15)16)17-12(18)9-4-5-10(9)13(19)20/h2-3,6,9-10,14H,4-5H2,1H3,(H,17,18)(H,19,20). The van der Waals surface area contributed by atoms with Gasteiger partial charge in [-0.05, 0) is 31.4 Å². The Bertz CT molecular complexity index is 562. The van der Waals surface area contributed by atoms with Crippen LogP contribution in [0.4, 0.5) is 14.5 Å². The van der Waals surface area contributed by atoms with Crippen molar-refractivity contribution in [2.24, 2.45) is 11.8 Å². The van der Waals surface area contributed by atoms with Crippen LogP contribution in [0.1, 0.15) is 18.4 Å². The number of carboxylic acid groups (broad SMARTS) is 1. The number of hydrogen-bond donors (Lipinski definition) is 2. The Morgan fingerprint density at radius 3 is 2.52 bits per heavy atom. The number of amides is 1. The number of rotatable bonds is 5. The fourth-order valence-corrected chi connectivity index (χ4v) is 2.25. The molecule has 21 heavy (non-hydrogen) atoms. The van der Waals surface area contributed by atoms with Crippen LogP contribution in [0.3, 0.4) is 0 Å². The van der Waals surface area contributed by atoms with E-state index in [4.69, 9.17) is 5.11 Å². The van der Waals surface area contributed by atoms with Gasteiger partial charge in [0.1, 0.15) is 5.75 Å². The zero-order chi connectivity index (χ0) is 15.6. The molecule has 0 radical (unpaired) electrons. The van der Waals surface area contributed by atoms with Crippen molar-refractivity contribution in [1.82, 2.24) is 0 Å². The van der Waals surface area contributed by atoms with E-state index in [0.717, 1.165) is 0 Å². The lowest BCUT2D eigenvalue weighted by Crippen LogP contribution is -2.41. The van der Waals surface area contributed by atoms with Crippen molar-refractivity contribution in [2.45, 2.75) is 26.4 Å². The van der Waals surface area contributed by atoms with Crippen molar-refractivity contribution in [3.63, 3.8) is 0 Å². The van der Waals surface area contributed by atoms with Crippen molar-refractivity contribution in [3.05, 3.63) is 23.8 Å². The maximum atomic E-state index is 12.3. The highest BCUT2D eigenvalue weighted by molar-refractivity contribution is 5.96. The number of carbonyl (C=O) groups excluding carboxylic acids is 1. The van der Waals surface area contributed by atoms with Gasteiger partial charge in [-0.15, -0.1) is 0 Å². The summed E-state index contributed by atoms with van der Waals surface area (Å²) in [4.78, 5) is 22.9. The molecule has 1 aromatic carbocycles. The number of anilines is 1. The largest absolute Gasteiger partial charge is 0.481 e. The van der Waals surface area contributed by atoms with Crippen LogP contribution in [0.15, 0.2) is 18.2 Å². The third-order valence-corrected chi connectivity index (χ3v) is 3.60. The van der Waals surface area contributed by atoms with E-state index in [-0.39, 0.29) is 5.75 Å². The summed E-state index contributed by atoms with van der Waals surface area (Å²) in [5.41, 5.74) is 0.817. The Kier molecular flexibility index (Phi) is 4.40. The van der Waals surface area contributed by atoms with Gasteiger partial charge in [0, 0.05) is 11.8 Å². The summed E-state index contributed by atoms with van der Waals surface area (Å²) in [6.45, 7) is -1.34. The van der Waals surface area contributed by atoms with Gasteiger partial charge in [-0.2, -0.15) is 8.78 Å². The number of carbonyl (C=O) groups is 2. The van der Waals surface area contributed by atoms with Gasteiger partial charge in [0.2, 0.25) is 5.91 Å². The van der Waals surface area contributed by atoms with E-state index in [2.05, 4.69) is 10.1 Å². The fourth-order valence-electron chi connectivity index (χ4n) is 2.25. The molecule has 1 saturated carbocycles. The van der Waals surface area contributed by atoms with Gasteiger partial charge in [0.15, 0.2) is 0 Å². The van der Waals surface area contributed by atoms with Crippen molar-refractivity contribution in [3.8, 4) is 5.75 Å². The second-order valence-corrected chi connectivity index (χ2v) is 4.98. The van der Waals surface area contributed by atoms with Crippen LogP contribution in [-0.4, -0.2) is 23.6 Å². The van der Waals surface area contributed by atoms with E-state index in [1.807, 2.05) is 0 Å². The van der Waals surface area contributed by atoms with E-state index in [9.17, 15) is 18.4 Å². The number of ether oxygens (including phenoxy) is 1. The lowest BCUT2D eigenvalue weighted by Gasteiger charge is -2.31. The molecule has 0 aliphatic heterocycles. The average Bonchev–Trinajstić information content (AvgIpc) is 2.30. The van der Waals surface area contributed by atoms with E-state index >= 15 is 0 Å². The van der Waals surface area contributed by atoms with Gasteiger partial charge in [-0.3, -0.25) is 9.59 Å². The van der Waals surface area contributed by atoms with Crippen molar-refractivity contribution < 1.29 is 28.2 Å². The molecule has 2 N–H and O–H groups in total. The number of carboxylic acids is 1. The Morgan fingerprint density at radius 1 is 1.33 bits per heavy atom. The predicted octanol–water partition coefficient (Wildman–Crippen LogP) is 2.65. The molecule has 0 bridgehead atoms. The summed E-state index contributed by atoms with van der Waals surface area (Å²) < 4.78 is 28.9. The van der Waals surface area contributed by atoms with E-state index in [1.165, 1.54) is 6.07 Å². The normalized spacial score (nSPS) is 20.8. The number of alkyl halides is 2. The zero-order valence-corrected chi connectivity index (χ0v) is 11.3. The topological polar surface area (TPSA) is 75.6 Å². The fraction of sp³-hybridized carbons (Fsp3) is 0.429. The Hall–Kier alpha value is -2.18.